The first-order valence-electron chi connectivity index (χ1n) is 7.15. The number of rotatable bonds is 6. The number of benzene rings is 1. The first-order valence-corrected chi connectivity index (χ1v) is 8.71. The molecule has 0 bridgehead atoms. The zero-order valence-electron chi connectivity index (χ0n) is 13.5. The van der Waals surface area contributed by atoms with Crippen LogP contribution >= 0.6 is 0 Å². The van der Waals surface area contributed by atoms with Crippen molar-refractivity contribution in [2.24, 2.45) is 0 Å². The van der Waals surface area contributed by atoms with Gasteiger partial charge in [0.1, 0.15) is 0 Å². The quantitative estimate of drug-likeness (QED) is 0.890. The van der Waals surface area contributed by atoms with E-state index in [4.69, 9.17) is 4.74 Å². The highest BCUT2D eigenvalue weighted by molar-refractivity contribution is 7.84. The van der Waals surface area contributed by atoms with Crippen LogP contribution in [-0.4, -0.2) is 22.6 Å². The topological polar surface area (TPSA) is 51.2 Å². The predicted octanol–water partition coefficient (Wildman–Crippen LogP) is 2.73. The number of nitrogens with zero attached hydrogens (tertiary/aromatic N) is 1. The molecule has 1 aromatic heterocycles. The van der Waals surface area contributed by atoms with Crippen molar-refractivity contribution < 1.29 is 8.95 Å². The van der Waals surface area contributed by atoms with E-state index >= 15 is 0 Å². The number of aromatic nitrogens is 1. The van der Waals surface area contributed by atoms with Crippen LogP contribution in [0.2, 0.25) is 0 Å². The Morgan fingerprint density at radius 3 is 2.45 bits per heavy atom. The smallest absolute Gasteiger partial charge is 0.218 e. The normalized spacial score (nSPS) is 12.2. The zero-order valence-corrected chi connectivity index (χ0v) is 14.3. The molecule has 118 valence electrons. The largest absolute Gasteiger partial charge is 0.481 e. The molecule has 1 atom stereocenters. The molecular weight excluding hydrogens is 296 g/mol. The van der Waals surface area contributed by atoms with Gasteiger partial charge in [0.15, 0.2) is 0 Å². The van der Waals surface area contributed by atoms with Crippen molar-refractivity contribution in [2.75, 3.05) is 13.4 Å². The molecule has 0 aliphatic rings. The van der Waals surface area contributed by atoms with Crippen LogP contribution in [0.1, 0.15) is 22.4 Å². The maximum absolute atomic E-state index is 11.4. The van der Waals surface area contributed by atoms with Gasteiger partial charge in [-0.15, -0.1) is 0 Å². The molecule has 0 unspecified atom stereocenters. The third-order valence-electron chi connectivity index (χ3n) is 3.52. The average Bonchev–Trinajstić information content (AvgIpc) is 2.49. The molecule has 0 aliphatic carbocycles. The van der Waals surface area contributed by atoms with E-state index in [1.165, 1.54) is 5.56 Å². The fourth-order valence-electron chi connectivity index (χ4n) is 2.34. The van der Waals surface area contributed by atoms with Gasteiger partial charge in [-0.2, -0.15) is 0 Å². The molecule has 0 saturated heterocycles. The predicted molar refractivity (Wildman–Crippen MR) is 89.6 cm³/mol. The molecule has 0 amide bonds. The van der Waals surface area contributed by atoms with Crippen LogP contribution in [-0.2, 0) is 23.9 Å². The van der Waals surface area contributed by atoms with Gasteiger partial charge >= 0.3 is 0 Å². The highest BCUT2D eigenvalue weighted by Crippen LogP contribution is 2.20. The minimum Gasteiger partial charge on any atom is -0.481 e. The highest BCUT2D eigenvalue weighted by Gasteiger charge is 2.09. The molecule has 0 radical (unpaired) electrons. The van der Waals surface area contributed by atoms with E-state index in [1.807, 2.05) is 31.2 Å². The highest BCUT2D eigenvalue weighted by atomic mass is 32.2. The van der Waals surface area contributed by atoms with Gasteiger partial charge in [0.05, 0.1) is 7.11 Å². The number of aryl methyl sites for hydroxylation is 2. The number of hydrogen-bond acceptors (Lipinski definition) is 4. The Bertz CT molecular complexity index is 669. The summed E-state index contributed by atoms with van der Waals surface area (Å²) in [5.41, 5.74) is 4.38. The summed E-state index contributed by atoms with van der Waals surface area (Å²) in [5.74, 6) is 0.682. The molecule has 4 nitrogen and oxygen atoms in total. The van der Waals surface area contributed by atoms with E-state index < -0.39 is 10.8 Å². The van der Waals surface area contributed by atoms with Gasteiger partial charge in [-0.1, -0.05) is 12.1 Å². The van der Waals surface area contributed by atoms with Crippen LogP contribution in [0, 0.1) is 13.8 Å². The van der Waals surface area contributed by atoms with Crippen molar-refractivity contribution in [1.29, 1.82) is 0 Å². The summed E-state index contributed by atoms with van der Waals surface area (Å²) in [6.07, 6.45) is 1.69. The summed E-state index contributed by atoms with van der Waals surface area (Å²) in [5, 5.41) is 3.41. The van der Waals surface area contributed by atoms with Gasteiger partial charge in [-0.3, -0.25) is 4.21 Å². The van der Waals surface area contributed by atoms with E-state index in [0.29, 0.717) is 12.4 Å². The second-order valence-corrected chi connectivity index (χ2v) is 6.65. The van der Waals surface area contributed by atoms with Crippen molar-refractivity contribution in [2.45, 2.75) is 31.8 Å². The SMILES string of the molecule is COc1nc(C)cc(C)c1CNCc1ccc([S@](C)=O)cc1. The number of hydrogen-bond donors (Lipinski definition) is 1. The maximum atomic E-state index is 11.4. The Labute approximate surface area is 134 Å². The van der Waals surface area contributed by atoms with Crippen LogP contribution < -0.4 is 10.1 Å². The van der Waals surface area contributed by atoms with Crippen molar-refractivity contribution in [3.8, 4) is 5.88 Å². The summed E-state index contributed by atoms with van der Waals surface area (Å²) in [6.45, 7) is 5.47. The number of methoxy groups -OCH3 is 1. The van der Waals surface area contributed by atoms with Gasteiger partial charge in [0.25, 0.3) is 0 Å². The number of nitrogens with one attached hydrogen (secondary N) is 1. The molecule has 1 heterocycles. The minimum absolute atomic E-state index is 0.682. The number of ether oxygens (including phenoxy) is 1. The second-order valence-electron chi connectivity index (χ2n) is 5.27. The van der Waals surface area contributed by atoms with E-state index in [9.17, 15) is 4.21 Å². The lowest BCUT2D eigenvalue weighted by atomic mass is 10.1. The van der Waals surface area contributed by atoms with Gasteiger partial charge < -0.3 is 10.1 Å². The fourth-order valence-corrected chi connectivity index (χ4v) is 2.86. The van der Waals surface area contributed by atoms with Gasteiger partial charge in [0, 0.05) is 46.3 Å². The van der Waals surface area contributed by atoms with Crippen LogP contribution in [0.5, 0.6) is 5.88 Å². The van der Waals surface area contributed by atoms with E-state index in [1.54, 1.807) is 13.4 Å². The molecular formula is C17H22N2O2S. The fraction of sp³-hybridized carbons (Fsp3) is 0.353. The third-order valence-corrected chi connectivity index (χ3v) is 4.45. The van der Waals surface area contributed by atoms with Gasteiger partial charge in [0.2, 0.25) is 5.88 Å². The Kier molecular flexibility index (Phi) is 5.69. The van der Waals surface area contributed by atoms with E-state index in [2.05, 4.69) is 23.3 Å². The summed E-state index contributed by atoms with van der Waals surface area (Å²) in [7, 11) is 0.720. The first-order chi connectivity index (χ1) is 10.5. The monoisotopic (exact) mass is 318 g/mol. The Morgan fingerprint density at radius 2 is 1.86 bits per heavy atom. The van der Waals surface area contributed by atoms with E-state index in [0.717, 1.165) is 28.3 Å². The average molecular weight is 318 g/mol. The Balaban J connectivity index is 2.00. The molecule has 5 heteroatoms. The van der Waals surface area contributed by atoms with Crippen LogP contribution in [0.4, 0.5) is 0 Å². The first kappa shape index (κ1) is 16.6. The van der Waals surface area contributed by atoms with Crippen LogP contribution in [0.15, 0.2) is 35.2 Å². The standard InChI is InChI=1S/C17H22N2O2S/c1-12-9-13(2)19-17(21-3)16(12)11-18-10-14-5-7-15(8-6-14)22(4)20/h5-9,18H,10-11H2,1-4H3/t22-/m0/s1. The van der Waals surface area contributed by atoms with Crippen LogP contribution in [0.25, 0.3) is 0 Å². The van der Waals surface area contributed by atoms with Crippen molar-refractivity contribution >= 4 is 10.8 Å². The zero-order chi connectivity index (χ0) is 16.1. The van der Waals surface area contributed by atoms with Crippen molar-refractivity contribution in [3.05, 3.63) is 52.7 Å². The summed E-state index contributed by atoms with van der Waals surface area (Å²) in [4.78, 5) is 5.26. The molecule has 2 rings (SSSR count). The summed E-state index contributed by atoms with van der Waals surface area (Å²) >= 11 is 0. The molecule has 1 aromatic carbocycles. The lowest BCUT2D eigenvalue weighted by Gasteiger charge is -2.13. The van der Waals surface area contributed by atoms with Crippen molar-refractivity contribution in [1.82, 2.24) is 10.3 Å². The molecule has 0 spiro atoms. The molecule has 2 aromatic rings. The van der Waals surface area contributed by atoms with Gasteiger partial charge in [-0.05, 0) is 43.2 Å². The third kappa shape index (κ3) is 4.15. The molecule has 1 N–H and O–H groups in total. The summed E-state index contributed by atoms with van der Waals surface area (Å²) < 4.78 is 16.7. The number of pyridine rings is 1. The maximum Gasteiger partial charge on any atom is 0.218 e. The molecule has 22 heavy (non-hydrogen) atoms. The summed E-state index contributed by atoms with van der Waals surface area (Å²) in [6, 6.07) is 9.88. The molecule has 0 saturated carbocycles. The lowest BCUT2D eigenvalue weighted by Crippen LogP contribution is -2.15. The Hall–Kier alpha value is -1.72. The minimum atomic E-state index is -0.928. The molecule has 0 fully saturated rings. The molecule has 0 aliphatic heterocycles. The van der Waals surface area contributed by atoms with Gasteiger partial charge in [-0.25, -0.2) is 4.98 Å². The van der Waals surface area contributed by atoms with E-state index in [-0.39, 0.29) is 0 Å². The Morgan fingerprint density at radius 1 is 1.18 bits per heavy atom. The van der Waals surface area contributed by atoms with Crippen molar-refractivity contribution in [3.63, 3.8) is 0 Å². The van der Waals surface area contributed by atoms with Crippen LogP contribution in [0.3, 0.4) is 0 Å². The second kappa shape index (κ2) is 7.51. The lowest BCUT2D eigenvalue weighted by molar-refractivity contribution is 0.389.